The van der Waals surface area contributed by atoms with Gasteiger partial charge < -0.3 is 5.11 Å². The molecular weight excluding hydrogens is 319 g/mol. The monoisotopic (exact) mass is 338 g/mol. The van der Waals surface area contributed by atoms with Crippen LogP contribution in [0.3, 0.4) is 0 Å². The van der Waals surface area contributed by atoms with Crippen molar-refractivity contribution in [3.63, 3.8) is 0 Å². The van der Waals surface area contributed by atoms with E-state index in [4.69, 9.17) is 0 Å². The van der Waals surface area contributed by atoms with Crippen LogP contribution in [0.1, 0.15) is 36.6 Å². The van der Waals surface area contributed by atoms with Crippen molar-refractivity contribution in [1.29, 1.82) is 0 Å². The molecule has 3 aromatic rings. The van der Waals surface area contributed by atoms with Crippen LogP contribution in [0.5, 0.6) is 0 Å². The summed E-state index contributed by atoms with van der Waals surface area (Å²) in [6, 6.07) is 5.20. The lowest BCUT2D eigenvalue weighted by Gasteiger charge is -2.21. The van der Waals surface area contributed by atoms with Crippen molar-refractivity contribution in [2.24, 2.45) is 0 Å². The molecule has 25 heavy (non-hydrogen) atoms. The Kier molecular flexibility index (Phi) is 3.47. The summed E-state index contributed by atoms with van der Waals surface area (Å²) < 4.78 is 16.8. The quantitative estimate of drug-likeness (QED) is 0.780. The van der Waals surface area contributed by atoms with E-state index in [2.05, 4.69) is 15.2 Å². The van der Waals surface area contributed by atoms with E-state index in [1.165, 1.54) is 0 Å². The minimum Gasteiger partial charge on any atom is -0.386 e. The molecule has 6 heteroatoms. The van der Waals surface area contributed by atoms with Gasteiger partial charge in [-0.25, -0.2) is 4.39 Å². The molecule has 5 nitrogen and oxygen atoms in total. The minimum absolute atomic E-state index is 0.325. The highest BCUT2D eigenvalue weighted by Gasteiger charge is 2.23. The number of hydrogen-bond donors (Lipinski definition) is 1. The zero-order chi connectivity index (χ0) is 17.8. The van der Waals surface area contributed by atoms with E-state index in [9.17, 15) is 9.50 Å². The number of benzene rings is 1. The standard InChI is InChI=1S/C19H19FN4O/c1-11-22-23-18-5-4-12-7-15(16(20)8-17(12)24(11)18)13-6-14(10-21-9-13)19(2,3)25/h6-10,25H,4-5H2,1-3H3. The van der Waals surface area contributed by atoms with Gasteiger partial charge >= 0.3 is 0 Å². The Labute approximate surface area is 145 Å². The van der Waals surface area contributed by atoms with Gasteiger partial charge in [0.15, 0.2) is 0 Å². The zero-order valence-electron chi connectivity index (χ0n) is 14.4. The maximum atomic E-state index is 14.9. The third-order valence-electron chi connectivity index (χ3n) is 4.67. The van der Waals surface area contributed by atoms with Crippen molar-refractivity contribution in [3.05, 3.63) is 59.2 Å². The van der Waals surface area contributed by atoms with Crippen molar-refractivity contribution >= 4 is 0 Å². The smallest absolute Gasteiger partial charge is 0.137 e. The summed E-state index contributed by atoms with van der Waals surface area (Å²) in [7, 11) is 0. The average Bonchev–Trinajstić information content (AvgIpc) is 2.95. The number of aryl methyl sites for hydroxylation is 3. The van der Waals surface area contributed by atoms with Crippen LogP contribution in [-0.4, -0.2) is 24.9 Å². The molecule has 1 aliphatic rings. The average molecular weight is 338 g/mol. The van der Waals surface area contributed by atoms with Crippen LogP contribution >= 0.6 is 0 Å². The summed E-state index contributed by atoms with van der Waals surface area (Å²) >= 11 is 0. The van der Waals surface area contributed by atoms with Crippen LogP contribution in [0.4, 0.5) is 4.39 Å². The second kappa shape index (κ2) is 5.46. The molecule has 128 valence electrons. The fourth-order valence-corrected chi connectivity index (χ4v) is 3.29. The van der Waals surface area contributed by atoms with Crippen molar-refractivity contribution in [3.8, 4) is 16.8 Å². The lowest BCUT2D eigenvalue weighted by Crippen LogP contribution is -2.16. The van der Waals surface area contributed by atoms with Crippen LogP contribution in [0.15, 0.2) is 30.6 Å². The van der Waals surface area contributed by atoms with Crippen LogP contribution in [0.2, 0.25) is 0 Å². The predicted octanol–water partition coefficient (Wildman–Crippen LogP) is 3.10. The van der Waals surface area contributed by atoms with Gasteiger partial charge in [-0.3, -0.25) is 9.55 Å². The molecule has 0 amide bonds. The first kappa shape index (κ1) is 15.9. The van der Waals surface area contributed by atoms with Crippen molar-refractivity contribution in [1.82, 2.24) is 19.7 Å². The van der Waals surface area contributed by atoms with Gasteiger partial charge in [-0.05, 0) is 51.0 Å². The van der Waals surface area contributed by atoms with Gasteiger partial charge in [-0.1, -0.05) is 0 Å². The summed E-state index contributed by atoms with van der Waals surface area (Å²) in [5.74, 6) is 1.30. The van der Waals surface area contributed by atoms with E-state index in [0.717, 1.165) is 35.7 Å². The maximum Gasteiger partial charge on any atom is 0.137 e. The molecule has 0 fully saturated rings. The summed E-state index contributed by atoms with van der Waals surface area (Å²) in [6.07, 6.45) is 4.80. The number of pyridine rings is 1. The van der Waals surface area contributed by atoms with Crippen LogP contribution in [-0.2, 0) is 18.4 Å². The van der Waals surface area contributed by atoms with Crippen LogP contribution in [0.25, 0.3) is 16.8 Å². The third-order valence-corrected chi connectivity index (χ3v) is 4.67. The van der Waals surface area contributed by atoms with E-state index in [-0.39, 0.29) is 5.82 Å². The van der Waals surface area contributed by atoms with Gasteiger partial charge in [0.1, 0.15) is 17.5 Å². The zero-order valence-corrected chi connectivity index (χ0v) is 14.4. The molecule has 3 heterocycles. The van der Waals surface area contributed by atoms with Crippen molar-refractivity contribution < 1.29 is 9.50 Å². The Morgan fingerprint density at radius 1 is 1.12 bits per heavy atom. The van der Waals surface area contributed by atoms with Gasteiger partial charge in [0, 0.05) is 35.5 Å². The number of rotatable bonds is 2. The molecule has 1 aliphatic heterocycles. The highest BCUT2D eigenvalue weighted by atomic mass is 19.1. The van der Waals surface area contributed by atoms with E-state index < -0.39 is 5.60 Å². The fourth-order valence-electron chi connectivity index (χ4n) is 3.29. The predicted molar refractivity (Wildman–Crippen MR) is 91.9 cm³/mol. The lowest BCUT2D eigenvalue weighted by atomic mass is 9.94. The second-order valence-electron chi connectivity index (χ2n) is 6.98. The molecule has 0 atom stereocenters. The molecular formula is C19H19FN4O. The minimum atomic E-state index is -1.03. The Hall–Kier alpha value is -2.60. The number of hydrogen-bond acceptors (Lipinski definition) is 4. The molecule has 0 aliphatic carbocycles. The van der Waals surface area contributed by atoms with Crippen molar-refractivity contribution in [2.45, 2.75) is 39.2 Å². The summed E-state index contributed by atoms with van der Waals surface area (Å²) in [5.41, 5.74) is 2.64. The number of aliphatic hydroxyl groups is 1. The van der Waals surface area contributed by atoms with Crippen LogP contribution < -0.4 is 0 Å². The molecule has 0 unspecified atom stereocenters. The highest BCUT2D eigenvalue weighted by molar-refractivity contribution is 5.68. The second-order valence-corrected chi connectivity index (χ2v) is 6.98. The molecule has 0 radical (unpaired) electrons. The molecule has 1 aromatic carbocycles. The molecule has 0 saturated carbocycles. The number of fused-ring (bicyclic) bond motifs is 3. The first-order chi connectivity index (χ1) is 11.8. The molecule has 1 N–H and O–H groups in total. The van der Waals surface area contributed by atoms with Crippen LogP contribution in [0, 0.1) is 12.7 Å². The summed E-state index contributed by atoms with van der Waals surface area (Å²) in [4.78, 5) is 4.17. The molecule has 0 saturated heterocycles. The largest absolute Gasteiger partial charge is 0.386 e. The molecule has 0 bridgehead atoms. The van der Waals surface area contributed by atoms with Gasteiger partial charge in [-0.15, -0.1) is 10.2 Å². The topological polar surface area (TPSA) is 63.8 Å². The Bertz CT molecular complexity index is 972. The number of nitrogens with zero attached hydrogens (tertiary/aromatic N) is 4. The Balaban J connectivity index is 1.86. The lowest BCUT2D eigenvalue weighted by molar-refractivity contribution is 0.0783. The van der Waals surface area contributed by atoms with E-state index >= 15 is 0 Å². The molecule has 4 rings (SSSR count). The third kappa shape index (κ3) is 2.62. The maximum absolute atomic E-state index is 14.9. The van der Waals surface area contributed by atoms with Crippen molar-refractivity contribution in [2.75, 3.05) is 0 Å². The van der Waals surface area contributed by atoms with Gasteiger partial charge in [-0.2, -0.15) is 0 Å². The SMILES string of the molecule is Cc1nnc2n1-c1cc(F)c(-c3cncc(C(C)(C)O)c3)cc1CC2. The number of aromatic nitrogens is 4. The van der Waals surface area contributed by atoms with Gasteiger partial charge in [0.05, 0.1) is 11.3 Å². The van der Waals surface area contributed by atoms with E-state index in [1.54, 1.807) is 38.4 Å². The summed E-state index contributed by atoms with van der Waals surface area (Å²) in [6.45, 7) is 5.24. The Morgan fingerprint density at radius 2 is 1.92 bits per heavy atom. The summed E-state index contributed by atoms with van der Waals surface area (Å²) in [5, 5.41) is 18.4. The van der Waals surface area contributed by atoms with Gasteiger partial charge in [0.2, 0.25) is 0 Å². The van der Waals surface area contributed by atoms with Gasteiger partial charge in [0.25, 0.3) is 0 Å². The molecule has 2 aromatic heterocycles. The Morgan fingerprint density at radius 3 is 2.68 bits per heavy atom. The fraction of sp³-hybridized carbons (Fsp3) is 0.316. The normalized spacial score (nSPS) is 13.5. The van der Waals surface area contributed by atoms with E-state index in [1.807, 2.05) is 17.6 Å². The highest BCUT2D eigenvalue weighted by Crippen LogP contribution is 2.33. The first-order valence-electron chi connectivity index (χ1n) is 8.26. The molecule has 0 spiro atoms. The van der Waals surface area contributed by atoms with E-state index in [0.29, 0.717) is 16.7 Å². The number of halogens is 1. The first-order valence-corrected chi connectivity index (χ1v) is 8.26.